The van der Waals surface area contributed by atoms with Crippen LogP contribution in [0.2, 0.25) is 5.02 Å². The second-order valence-electron chi connectivity index (χ2n) is 4.01. The maximum absolute atomic E-state index is 10.8. The molecule has 3 N–H and O–H groups in total. The average Bonchev–Trinajstić information content (AvgIpc) is 2.62. The van der Waals surface area contributed by atoms with Gasteiger partial charge < -0.3 is 15.7 Å². The van der Waals surface area contributed by atoms with Crippen molar-refractivity contribution in [2.45, 2.75) is 12.0 Å². The van der Waals surface area contributed by atoms with Gasteiger partial charge in [0.1, 0.15) is 0 Å². The van der Waals surface area contributed by atoms with Crippen molar-refractivity contribution in [1.29, 1.82) is 0 Å². The lowest BCUT2D eigenvalue weighted by atomic mass is 9.95. The van der Waals surface area contributed by atoms with Crippen LogP contribution in [0.1, 0.15) is 11.5 Å². The van der Waals surface area contributed by atoms with E-state index >= 15 is 0 Å². The van der Waals surface area contributed by atoms with Crippen LogP contribution < -0.4 is 5.73 Å². The van der Waals surface area contributed by atoms with Crippen LogP contribution in [0.15, 0.2) is 24.3 Å². The van der Waals surface area contributed by atoms with E-state index in [-0.39, 0.29) is 12.0 Å². The predicted molar refractivity (Wildman–Crippen MR) is 61.8 cm³/mol. The minimum atomic E-state index is -0.910. The van der Waals surface area contributed by atoms with Crippen molar-refractivity contribution < 1.29 is 9.90 Å². The largest absolute Gasteiger partial charge is 0.465 e. The average molecular weight is 241 g/mol. The zero-order valence-corrected chi connectivity index (χ0v) is 9.39. The number of hydrogen-bond acceptors (Lipinski definition) is 2. The molecule has 1 aliphatic heterocycles. The fraction of sp³-hybridized carbons (Fsp3) is 0.364. The molecule has 0 bridgehead atoms. The summed E-state index contributed by atoms with van der Waals surface area (Å²) < 4.78 is 0. The highest BCUT2D eigenvalue weighted by molar-refractivity contribution is 6.30. The Bertz CT molecular complexity index is 393. The summed E-state index contributed by atoms with van der Waals surface area (Å²) >= 11 is 5.80. The van der Waals surface area contributed by atoms with Gasteiger partial charge in [0.25, 0.3) is 0 Å². The van der Waals surface area contributed by atoms with Crippen LogP contribution in [0.25, 0.3) is 0 Å². The summed E-state index contributed by atoms with van der Waals surface area (Å²) in [5.74, 6) is 0.0633. The van der Waals surface area contributed by atoms with Crippen LogP contribution in [0.3, 0.4) is 0 Å². The molecular weight excluding hydrogens is 228 g/mol. The minimum Gasteiger partial charge on any atom is -0.465 e. The van der Waals surface area contributed by atoms with E-state index in [0.717, 1.165) is 5.56 Å². The molecule has 1 fully saturated rings. The molecule has 0 aromatic heterocycles. The standard InChI is InChI=1S/C11H13ClN2O2/c12-8-3-1-7(2-4-8)9-5-14(11(15)16)6-10(9)13/h1-4,9-10H,5-6,13H2,(H,15,16)/t9-,10+/m1/s1. The molecule has 0 spiro atoms. The molecule has 4 nitrogen and oxygen atoms in total. The Morgan fingerprint density at radius 3 is 2.50 bits per heavy atom. The number of likely N-dealkylation sites (tertiary alicyclic amines) is 1. The van der Waals surface area contributed by atoms with Gasteiger partial charge in [0.05, 0.1) is 0 Å². The summed E-state index contributed by atoms with van der Waals surface area (Å²) in [7, 11) is 0. The predicted octanol–water partition coefficient (Wildman–Crippen LogP) is 1.74. The van der Waals surface area contributed by atoms with E-state index < -0.39 is 6.09 Å². The van der Waals surface area contributed by atoms with E-state index in [4.69, 9.17) is 22.4 Å². The van der Waals surface area contributed by atoms with Gasteiger partial charge in [0, 0.05) is 30.1 Å². The molecule has 1 amide bonds. The molecule has 0 unspecified atom stereocenters. The highest BCUT2D eigenvalue weighted by atomic mass is 35.5. The van der Waals surface area contributed by atoms with Gasteiger partial charge in [0.15, 0.2) is 0 Å². The first kappa shape index (κ1) is 11.2. The van der Waals surface area contributed by atoms with Crippen molar-refractivity contribution in [2.75, 3.05) is 13.1 Å². The molecule has 0 radical (unpaired) electrons. The Balaban J connectivity index is 2.16. The molecule has 2 rings (SSSR count). The molecule has 1 saturated heterocycles. The van der Waals surface area contributed by atoms with E-state index in [1.54, 1.807) is 12.1 Å². The lowest BCUT2D eigenvalue weighted by Gasteiger charge is -2.14. The van der Waals surface area contributed by atoms with Crippen LogP contribution in [-0.2, 0) is 0 Å². The van der Waals surface area contributed by atoms with Crippen molar-refractivity contribution in [1.82, 2.24) is 4.90 Å². The number of nitrogens with zero attached hydrogens (tertiary/aromatic N) is 1. The van der Waals surface area contributed by atoms with E-state index in [0.29, 0.717) is 18.1 Å². The molecule has 1 heterocycles. The van der Waals surface area contributed by atoms with Crippen LogP contribution in [0.4, 0.5) is 4.79 Å². The van der Waals surface area contributed by atoms with Crippen LogP contribution in [0.5, 0.6) is 0 Å². The Kier molecular flexibility index (Phi) is 3.03. The Morgan fingerprint density at radius 1 is 1.38 bits per heavy atom. The first-order valence-corrected chi connectivity index (χ1v) is 5.44. The molecule has 86 valence electrons. The highest BCUT2D eigenvalue weighted by Crippen LogP contribution is 2.27. The van der Waals surface area contributed by atoms with E-state index in [1.165, 1.54) is 4.90 Å². The van der Waals surface area contributed by atoms with E-state index in [2.05, 4.69) is 0 Å². The number of carboxylic acid groups (broad SMARTS) is 1. The maximum Gasteiger partial charge on any atom is 0.407 e. The fourth-order valence-corrected chi connectivity index (χ4v) is 2.17. The zero-order chi connectivity index (χ0) is 11.7. The van der Waals surface area contributed by atoms with Gasteiger partial charge in [-0.25, -0.2) is 4.79 Å². The number of benzene rings is 1. The summed E-state index contributed by atoms with van der Waals surface area (Å²) in [4.78, 5) is 12.2. The molecule has 1 aromatic rings. The SMILES string of the molecule is N[C@H]1CN(C(=O)O)C[C@@H]1c1ccc(Cl)cc1. The monoisotopic (exact) mass is 240 g/mol. The fourth-order valence-electron chi connectivity index (χ4n) is 2.05. The van der Waals surface area contributed by atoms with E-state index in [1.807, 2.05) is 12.1 Å². The van der Waals surface area contributed by atoms with Gasteiger partial charge in [-0.2, -0.15) is 0 Å². The third kappa shape index (κ3) is 2.13. The van der Waals surface area contributed by atoms with Crippen molar-refractivity contribution in [3.05, 3.63) is 34.9 Å². The van der Waals surface area contributed by atoms with Gasteiger partial charge in [-0.3, -0.25) is 0 Å². The molecule has 2 atom stereocenters. The van der Waals surface area contributed by atoms with Crippen LogP contribution >= 0.6 is 11.6 Å². The van der Waals surface area contributed by atoms with Crippen molar-refractivity contribution in [2.24, 2.45) is 5.73 Å². The van der Waals surface area contributed by atoms with Gasteiger partial charge in [-0.15, -0.1) is 0 Å². The highest BCUT2D eigenvalue weighted by Gasteiger charge is 2.33. The third-order valence-electron chi connectivity index (χ3n) is 2.93. The Morgan fingerprint density at radius 2 is 2.00 bits per heavy atom. The smallest absolute Gasteiger partial charge is 0.407 e. The van der Waals surface area contributed by atoms with Gasteiger partial charge in [-0.1, -0.05) is 23.7 Å². The summed E-state index contributed by atoms with van der Waals surface area (Å²) in [6, 6.07) is 7.26. The Labute approximate surface area is 98.6 Å². The molecule has 1 aliphatic rings. The zero-order valence-electron chi connectivity index (χ0n) is 8.64. The number of halogens is 1. The second kappa shape index (κ2) is 4.31. The number of carbonyl (C=O) groups is 1. The van der Waals surface area contributed by atoms with Gasteiger partial charge >= 0.3 is 6.09 Å². The molecule has 0 aliphatic carbocycles. The van der Waals surface area contributed by atoms with Crippen molar-refractivity contribution in [3.8, 4) is 0 Å². The Hall–Kier alpha value is -1.26. The summed E-state index contributed by atoms with van der Waals surface area (Å²) in [6.45, 7) is 0.848. The van der Waals surface area contributed by atoms with Crippen molar-refractivity contribution >= 4 is 17.7 Å². The van der Waals surface area contributed by atoms with Crippen LogP contribution in [-0.4, -0.2) is 35.2 Å². The molecular formula is C11H13ClN2O2. The summed E-state index contributed by atoms with van der Waals surface area (Å²) in [5, 5.41) is 9.56. The summed E-state index contributed by atoms with van der Waals surface area (Å²) in [5.41, 5.74) is 6.98. The molecule has 5 heteroatoms. The maximum atomic E-state index is 10.8. The first-order valence-electron chi connectivity index (χ1n) is 5.07. The second-order valence-corrected chi connectivity index (χ2v) is 4.45. The van der Waals surface area contributed by atoms with Crippen molar-refractivity contribution in [3.63, 3.8) is 0 Å². The normalized spacial score (nSPS) is 24.8. The van der Waals surface area contributed by atoms with Gasteiger partial charge in [-0.05, 0) is 17.7 Å². The topological polar surface area (TPSA) is 66.6 Å². The molecule has 0 saturated carbocycles. The lowest BCUT2D eigenvalue weighted by Crippen LogP contribution is -2.31. The lowest BCUT2D eigenvalue weighted by molar-refractivity contribution is 0.154. The number of hydrogen-bond donors (Lipinski definition) is 2. The number of amides is 1. The molecule has 1 aromatic carbocycles. The number of nitrogens with two attached hydrogens (primary N) is 1. The minimum absolute atomic E-state index is 0.0633. The summed E-state index contributed by atoms with van der Waals surface area (Å²) in [6.07, 6.45) is -0.910. The van der Waals surface area contributed by atoms with E-state index in [9.17, 15) is 4.79 Å². The van der Waals surface area contributed by atoms with Gasteiger partial charge in [0.2, 0.25) is 0 Å². The molecule has 16 heavy (non-hydrogen) atoms. The first-order chi connectivity index (χ1) is 7.58. The quantitative estimate of drug-likeness (QED) is 0.786. The number of rotatable bonds is 1. The third-order valence-corrected chi connectivity index (χ3v) is 3.19. The van der Waals surface area contributed by atoms with Crippen LogP contribution in [0, 0.1) is 0 Å².